The molecule has 0 aliphatic carbocycles. The number of hydrogen-bond acceptors (Lipinski definition) is 7. The zero-order chi connectivity index (χ0) is 18.2. The number of unbranched alkanes of at least 4 members (excludes halogenated alkanes) is 1. The maximum Gasteiger partial charge on any atom is 0.271 e. The van der Waals surface area contributed by atoms with Gasteiger partial charge < -0.3 is 10.2 Å². The van der Waals surface area contributed by atoms with E-state index in [4.69, 9.17) is 0 Å². The summed E-state index contributed by atoms with van der Waals surface area (Å²) in [6.45, 7) is 3.03. The van der Waals surface area contributed by atoms with Crippen LogP contribution in [0.3, 0.4) is 0 Å². The Labute approximate surface area is 150 Å². The van der Waals surface area contributed by atoms with Crippen LogP contribution in [0.15, 0.2) is 35.2 Å². The zero-order valence-electron chi connectivity index (χ0n) is 14.1. The fraction of sp³-hybridized carbons (Fsp3) is 0.412. The maximum absolute atomic E-state index is 12.4. The number of benzene rings is 1. The van der Waals surface area contributed by atoms with Gasteiger partial charge in [0.25, 0.3) is 5.69 Å². The molecule has 0 radical (unpaired) electrons. The van der Waals surface area contributed by atoms with Gasteiger partial charge in [0.1, 0.15) is 0 Å². The normalized spacial score (nSPS) is 15.1. The fourth-order valence-corrected chi connectivity index (χ4v) is 3.22. The van der Waals surface area contributed by atoms with Gasteiger partial charge in [0, 0.05) is 29.8 Å². The van der Waals surface area contributed by atoms with Gasteiger partial charge in [-0.2, -0.15) is 0 Å². The predicted octanol–water partition coefficient (Wildman–Crippen LogP) is 2.52. The Hall–Kier alpha value is -2.19. The van der Waals surface area contributed by atoms with E-state index < -0.39 is 4.92 Å². The van der Waals surface area contributed by atoms with Crippen molar-refractivity contribution in [1.82, 2.24) is 5.32 Å². The molecule has 1 aliphatic rings. The number of hydrogen-bond donors (Lipinski definition) is 1. The van der Waals surface area contributed by atoms with Gasteiger partial charge in [-0.3, -0.25) is 19.7 Å². The topological polar surface area (TPSA) is 92.6 Å². The van der Waals surface area contributed by atoms with Crippen LogP contribution in [-0.4, -0.2) is 42.0 Å². The summed E-state index contributed by atoms with van der Waals surface area (Å²) in [5.74, 6) is 0.231. The van der Waals surface area contributed by atoms with Gasteiger partial charge in [0.2, 0.25) is 0 Å². The third-order valence-corrected chi connectivity index (χ3v) is 4.70. The van der Waals surface area contributed by atoms with Crippen LogP contribution in [0.2, 0.25) is 0 Å². The minimum Gasteiger partial charge on any atom is -0.356 e. The van der Waals surface area contributed by atoms with E-state index in [1.807, 2.05) is 0 Å². The highest BCUT2D eigenvalue weighted by Gasteiger charge is 2.23. The lowest BCUT2D eigenvalue weighted by Crippen LogP contribution is -2.31. The molecular weight excluding hydrogens is 342 g/mol. The number of carbonyl (C=O) groups excluding carboxylic acids is 2. The molecule has 0 saturated carbocycles. The molecule has 0 aromatic heterocycles. The number of Topliss-reactive ketones (excluding diaryl/α,β-unsaturated/α-hetero) is 1. The van der Waals surface area contributed by atoms with E-state index in [-0.39, 0.29) is 30.3 Å². The molecule has 0 saturated heterocycles. The molecule has 1 N–H and O–H groups in total. The van der Waals surface area contributed by atoms with E-state index in [1.165, 1.54) is 30.0 Å². The summed E-state index contributed by atoms with van der Waals surface area (Å²) in [6, 6.07) is 5.98. The molecule has 1 aromatic carbocycles. The van der Waals surface area contributed by atoms with Crippen molar-refractivity contribution in [2.75, 3.05) is 30.4 Å². The van der Waals surface area contributed by atoms with E-state index >= 15 is 0 Å². The second kappa shape index (κ2) is 9.33. The van der Waals surface area contributed by atoms with Gasteiger partial charge in [0.05, 0.1) is 22.9 Å². The number of ketones is 2. The minimum absolute atomic E-state index is 0.0280. The van der Waals surface area contributed by atoms with Crippen molar-refractivity contribution in [3.63, 3.8) is 0 Å². The SMILES string of the molecule is CCCCNCSC1=CC(=O)CN(c2cccc([N+](=O)[O-])c2)CC1=O. The molecule has 0 bridgehead atoms. The van der Waals surface area contributed by atoms with Crippen molar-refractivity contribution >= 4 is 34.7 Å². The number of rotatable bonds is 8. The van der Waals surface area contributed by atoms with Crippen LogP contribution < -0.4 is 10.2 Å². The first-order valence-corrected chi connectivity index (χ1v) is 9.10. The van der Waals surface area contributed by atoms with Crippen molar-refractivity contribution in [3.05, 3.63) is 45.4 Å². The monoisotopic (exact) mass is 363 g/mol. The molecule has 2 rings (SSSR count). The van der Waals surface area contributed by atoms with Crippen LogP contribution in [-0.2, 0) is 9.59 Å². The molecule has 7 nitrogen and oxygen atoms in total. The molecule has 1 aromatic rings. The second-order valence-corrected chi connectivity index (χ2v) is 6.69. The van der Waals surface area contributed by atoms with Crippen molar-refractivity contribution in [3.8, 4) is 0 Å². The van der Waals surface area contributed by atoms with E-state index in [0.717, 1.165) is 19.4 Å². The number of non-ortho nitro benzene ring substituents is 1. The van der Waals surface area contributed by atoms with Gasteiger partial charge in [0.15, 0.2) is 11.6 Å². The van der Waals surface area contributed by atoms with Crippen molar-refractivity contribution < 1.29 is 14.5 Å². The summed E-state index contributed by atoms with van der Waals surface area (Å²) in [5, 5.41) is 14.1. The number of anilines is 1. The Balaban J connectivity index is 2.03. The Kier molecular flexibility index (Phi) is 7.15. The van der Waals surface area contributed by atoms with Crippen molar-refractivity contribution in [2.24, 2.45) is 0 Å². The fourth-order valence-electron chi connectivity index (χ4n) is 2.38. The highest BCUT2D eigenvalue weighted by Crippen LogP contribution is 2.25. The van der Waals surface area contributed by atoms with Crippen LogP contribution in [0.25, 0.3) is 0 Å². The molecule has 0 atom stereocenters. The molecular formula is C17H21N3O4S. The van der Waals surface area contributed by atoms with Crippen LogP contribution in [0.4, 0.5) is 11.4 Å². The van der Waals surface area contributed by atoms with E-state index in [2.05, 4.69) is 12.2 Å². The van der Waals surface area contributed by atoms with E-state index in [1.54, 1.807) is 17.0 Å². The average Bonchev–Trinajstić information content (AvgIpc) is 2.73. The Morgan fingerprint density at radius 2 is 2.12 bits per heavy atom. The zero-order valence-corrected chi connectivity index (χ0v) is 14.9. The number of nitrogens with one attached hydrogen (secondary N) is 1. The van der Waals surface area contributed by atoms with Crippen LogP contribution >= 0.6 is 11.8 Å². The maximum atomic E-state index is 12.4. The quantitative estimate of drug-likeness (QED) is 0.328. The molecule has 0 fully saturated rings. The molecule has 0 unspecified atom stereocenters. The van der Waals surface area contributed by atoms with E-state index in [9.17, 15) is 19.7 Å². The van der Waals surface area contributed by atoms with Crippen molar-refractivity contribution in [1.29, 1.82) is 0 Å². The minimum atomic E-state index is -0.494. The van der Waals surface area contributed by atoms with Gasteiger partial charge in [-0.1, -0.05) is 19.4 Å². The number of nitro benzene ring substituents is 1. The van der Waals surface area contributed by atoms with E-state index in [0.29, 0.717) is 16.5 Å². The Bertz CT molecular complexity index is 690. The van der Waals surface area contributed by atoms with Gasteiger partial charge >= 0.3 is 0 Å². The van der Waals surface area contributed by atoms with Gasteiger partial charge in [-0.05, 0) is 19.0 Å². The summed E-state index contributed by atoms with van der Waals surface area (Å²) in [4.78, 5) is 37.0. The predicted molar refractivity (Wildman–Crippen MR) is 98.8 cm³/mol. The first-order valence-electron chi connectivity index (χ1n) is 8.12. The summed E-state index contributed by atoms with van der Waals surface area (Å²) >= 11 is 1.32. The lowest BCUT2D eigenvalue weighted by Gasteiger charge is -2.21. The van der Waals surface area contributed by atoms with Crippen LogP contribution in [0.5, 0.6) is 0 Å². The second-order valence-electron chi connectivity index (χ2n) is 5.67. The summed E-state index contributed by atoms with van der Waals surface area (Å²) in [6.07, 6.45) is 3.54. The lowest BCUT2D eigenvalue weighted by atomic mass is 10.2. The smallest absolute Gasteiger partial charge is 0.271 e. The Morgan fingerprint density at radius 1 is 1.32 bits per heavy atom. The highest BCUT2D eigenvalue weighted by molar-refractivity contribution is 8.04. The number of carbonyl (C=O) groups is 2. The van der Waals surface area contributed by atoms with Gasteiger partial charge in [-0.25, -0.2) is 0 Å². The molecule has 0 amide bonds. The van der Waals surface area contributed by atoms with Gasteiger partial charge in [-0.15, -0.1) is 11.8 Å². The van der Waals surface area contributed by atoms with Crippen molar-refractivity contribution in [2.45, 2.75) is 19.8 Å². The molecule has 0 spiro atoms. The summed E-state index contributed by atoms with van der Waals surface area (Å²) < 4.78 is 0. The van der Waals surface area contributed by atoms with Crippen LogP contribution in [0.1, 0.15) is 19.8 Å². The molecule has 1 aliphatic heterocycles. The first kappa shape index (κ1) is 19.1. The molecule has 1 heterocycles. The van der Waals surface area contributed by atoms with Crippen LogP contribution in [0, 0.1) is 10.1 Å². The number of nitro groups is 1. The largest absolute Gasteiger partial charge is 0.356 e. The Morgan fingerprint density at radius 3 is 2.84 bits per heavy atom. The molecule has 8 heteroatoms. The summed E-state index contributed by atoms with van der Waals surface area (Å²) in [5.41, 5.74) is 0.431. The lowest BCUT2D eigenvalue weighted by molar-refractivity contribution is -0.384. The average molecular weight is 363 g/mol. The third-order valence-electron chi connectivity index (χ3n) is 3.69. The molecule has 25 heavy (non-hydrogen) atoms. The highest BCUT2D eigenvalue weighted by atomic mass is 32.2. The number of thioether (sulfide) groups is 1. The molecule has 134 valence electrons. The number of nitrogens with zero attached hydrogens (tertiary/aromatic N) is 2. The standard InChI is InChI=1S/C17H21N3O4S/c1-2-3-7-18-12-25-17-9-15(21)10-19(11-16(17)22)13-5-4-6-14(8-13)20(23)24/h4-6,8-9,18H,2-3,7,10-12H2,1H3. The summed E-state index contributed by atoms with van der Waals surface area (Å²) in [7, 11) is 0. The third kappa shape index (κ3) is 5.68. The first-order chi connectivity index (χ1) is 12.0.